The molecule has 0 radical (unpaired) electrons. The van der Waals surface area contributed by atoms with Gasteiger partial charge in [-0.15, -0.1) is 0 Å². The first kappa shape index (κ1) is 15.7. The SMILES string of the molecule is CC(C)COCCn1ncc(N(C)CCN)cc1=O. The molecule has 0 unspecified atom stereocenters. The minimum absolute atomic E-state index is 0.116. The van der Waals surface area contributed by atoms with Crippen molar-refractivity contribution in [2.75, 3.05) is 38.3 Å². The standard InChI is InChI=1S/C13H24N4O2/c1-11(2)10-19-7-6-17-13(18)8-12(9-15-17)16(3)5-4-14/h8-9,11H,4-7,10,14H2,1-3H3. The van der Waals surface area contributed by atoms with Crippen LogP contribution in [0, 0.1) is 5.92 Å². The summed E-state index contributed by atoms with van der Waals surface area (Å²) in [7, 11) is 1.89. The molecular weight excluding hydrogens is 244 g/mol. The maximum absolute atomic E-state index is 11.9. The summed E-state index contributed by atoms with van der Waals surface area (Å²) in [6.07, 6.45) is 1.68. The van der Waals surface area contributed by atoms with Crippen molar-refractivity contribution >= 4 is 5.69 Å². The summed E-state index contributed by atoms with van der Waals surface area (Å²) in [6, 6.07) is 1.57. The molecule has 0 aliphatic heterocycles. The molecule has 6 heteroatoms. The predicted molar refractivity (Wildman–Crippen MR) is 76.5 cm³/mol. The topological polar surface area (TPSA) is 73.4 Å². The van der Waals surface area contributed by atoms with Crippen LogP contribution in [-0.4, -0.2) is 43.1 Å². The molecule has 0 aliphatic carbocycles. The lowest BCUT2D eigenvalue weighted by molar-refractivity contribution is 0.100. The molecule has 0 atom stereocenters. The Labute approximate surface area is 114 Å². The van der Waals surface area contributed by atoms with Crippen LogP contribution in [0.3, 0.4) is 0 Å². The van der Waals surface area contributed by atoms with Crippen molar-refractivity contribution in [3.05, 3.63) is 22.6 Å². The Balaban J connectivity index is 2.55. The van der Waals surface area contributed by atoms with Crippen molar-refractivity contribution in [3.63, 3.8) is 0 Å². The third kappa shape index (κ3) is 5.40. The Kier molecular flexibility index (Phi) is 6.52. The van der Waals surface area contributed by atoms with Crippen LogP contribution >= 0.6 is 0 Å². The Bertz CT molecular complexity index is 431. The van der Waals surface area contributed by atoms with Gasteiger partial charge >= 0.3 is 0 Å². The predicted octanol–water partition coefficient (Wildman–Crippen LogP) is 0.311. The highest BCUT2D eigenvalue weighted by Crippen LogP contribution is 2.05. The molecule has 1 aromatic heterocycles. The average Bonchev–Trinajstić information content (AvgIpc) is 2.36. The number of likely N-dealkylation sites (N-methyl/N-ethyl adjacent to an activating group) is 1. The van der Waals surface area contributed by atoms with Gasteiger partial charge in [0.2, 0.25) is 0 Å². The van der Waals surface area contributed by atoms with E-state index in [9.17, 15) is 4.79 Å². The number of anilines is 1. The van der Waals surface area contributed by atoms with E-state index in [1.54, 1.807) is 12.3 Å². The van der Waals surface area contributed by atoms with E-state index in [1.165, 1.54) is 4.68 Å². The van der Waals surface area contributed by atoms with Gasteiger partial charge in [0.25, 0.3) is 5.56 Å². The highest BCUT2D eigenvalue weighted by molar-refractivity contribution is 5.41. The molecule has 0 spiro atoms. The fraction of sp³-hybridized carbons (Fsp3) is 0.692. The van der Waals surface area contributed by atoms with E-state index >= 15 is 0 Å². The van der Waals surface area contributed by atoms with E-state index in [2.05, 4.69) is 18.9 Å². The number of hydrogen-bond donors (Lipinski definition) is 1. The summed E-state index contributed by atoms with van der Waals surface area (Å²) in [6.45, 7) is 7.10. The van der Waals surface area contributed by atoms with Gasteiger partial charge < -0.3 is 15.4 Å². The van der Waals surface area contributed by atoms with Gasteiger partial charge in [0.05, 0.1) is 25.0 Å². The molecule has 0 saturated carbocycles. The van der Waals surface area contributed by atoms with E-state index in [4.69, 9.17) is 10.5 Å². The Hall–Kier alpha value is -1.40. The lowest BCUT2D eigenvalue weighted by Gasteiger charge is -2.17. The second-order valence-electron chi connectivity index (χ2n) is 4.95. The van der Waals surface area contributed by atoms with E-state index < -0.39 is 0 Å². The van der Waals surface area contributed by atoms with E-state index in [0.717, 1.165) is 5.69 Å². The van der Waals surface area contributed by atoms with Crippen molar-refractivity contribution in [3.8, 4) is 0 Å². The minimum Gasteiger partial charge on any atom is -0.379 e. The van der Waals surface area contributed by atoms with Gasteiger partial charge in [-0.1, -0.05) is 13.8 Å². The number of ether oxygens (including phenoxy) is 1. The van der Waals surface area contributed by atoms with Gasteiger partial charge in [0.1, 0.15) is 0 Å². The first-order chi connectivity index (χ1) is 9.04. The fourth-order valence-electron chi connectivity index (χ4n) is 1.59. The van der Waals surface area contributed by atoms with Crippen molar-refractivity contribution in [2.24, 2.45) is 11.7 Å². The van der Waals surface area contributed by atoms with Gasteiger partial charge in [-0.25, -0.2) is 4.68 Å². The molecule has 0 amide bonds. The fourth-order valence-corrected chi connectivity index (χ4v) is 1.59. The van der Waals surface area contributed by atoms with Crippen LogP contribution in [0.4, 0.5) is 5.69 Å². The summed E-state index contributed by atoms with van der Waals surface area (Å²) < 4.78 is 6.86. The Morgan fingerprint density at radius 1 is 1.53 bits per heavy atom. The molecule has 19 heavy (non-hydrogen) atoms. The van der Waals surface area contributed by atoms with Crippen LogP contribution in [0.1, 0.15) is 13.8 Å². The highest BCUT2D eigenvalue weighted by Gasteiger charge is 2.04. The molecule has 1 heterocycles. The quantitative estimate of drug-likeness (QED) is 0.687. The number of hydrogen-bond acceptors (Lipinski definition) is 5. The molecule has 0 aromatic carbocycles. The number of rotatable bonds is 8. The summed E-state index contributed by atoms with van der Waals surface area (Å²) in [5.74, 6) is 0.497. The van der Waals surface area contributed by atoms with Crippen LogP contribution in [0.15, 0.2) is 17.1 Å². The second kappa shape index (κ2) is 7.91. The second-order valence-corrected chi connectivity index (χ2v) is 4.95. The molecule has 0 fully saturated rings. The maximum Gasteiger partial charge on any atom is 0.268 e. The van der Waals surface area contributed by atoms with Crippen LogP contribution in [0.25, 0.3) is 0 Å². The highest BCUT2D eigenvalue weighted by atomic mass is 16.5. The summed E-state index contributed by atoms with van der Waals surface area (Å²) in [4.78, 5) is 13.8. The van der Waals surface area contributed by atoms with Gasteiger partial charge in [0.15, 0.2) is 0 Å². The van der Waals surface area contributed by atoms with Crippen molar-refractivity contribution in [2.45, 2.75) is 20.4 Å². The zero-order valence-corrected chi connectivity index (χ0v) is 12.0. The molecule has 1 rings (SSSR count). The molecule has 6 nitrogen and oxygen atoms in total. The van der Waals surface area contributed by atoms with E-state index in [0.29, 0.717) is 38.8 Å². The van der Waals surface area contributed by atoms with Gasteiger partial charge in [-0.05, 0) is 5.92 Å². The Morgan fingerprint density at radius 3 is 2.84 bits per heavy atom. The van der Waals surface area contributed by atoms with Gasteiger partial charge in [-0.3, -0.25) is 4.79 Å². The van der Waals surface area contributed by atoms with Crippen molar-refractivity contribution in [1.29, 1.82) is 0 Å². The Morgan fingerprint density at radius 2 is 2.26 bits per heavy atom. The average molecular weight is 268 g/mol. The largest absolute Gasteiger partial charge is 0.379 e. The normalized spacial score (nSPS) is 11.0. The summed E-state index contributed by atoms with van der Waals surface area (Å²) in [5, 5.41) is 4.14. The van der Waals surface area contributed by atoms with Gasteiger partial charge in [0, 0.05) is 32.8 Å². The van der Waals surface area contributed by atoms with Crippen molar-refractivity contribution in [1.82, 2.24) is 9.78 Å². The number of nitrogens with zero attached hydrogens (tertiary/aromatic N) is 3. The number of nitrogens with two attached hydrogens (primary N) is 1. The number of aromatic nitrogens is 2. The summed E-state index contributed by atoms with van der Waals surface area (Å²) >= 11 is 0. The maximum atomic E-state index is 11.9. The zero-order valence-electron chi connectivity index (χ0n) is 12.0. The van der Waals surface area contributed by atoms with Crippen molar-refractivity contribution < 1.29 is 4.74 Å². The minimum atomic E-state index is -0.116. The monoisotopic (exact) mass is 268 g/mol. The molecule has 108 valence electrons. The smallest absolute Gasteiger partial charge is 0.268 e. The molecular formula is C13H24N4O2. The van der Waals surface area contributed by atoms with Crippen LogP contribution in [-0.2, 0) is 11.3 Å². The summed E-state index contributed by atoms with van der Waals surface area (Å²) in [5.41, 5.74) is 6.15. The lowest BCUT2D eigenvalue weighted by Crippen LogP contribution is -2.29. The third-order valence-electron chi connectivity index (χ3n) is 2.66. The lowest BCUT2D eigenvalue weighted by atomic mass is 10.2. The third-order valence-corrected chi connectivity index (χ3v) is 2.66. The molecule has 0 saturated heterocycles. The van der Waals surface area contributed by atoms with Crippen LogP contribution in [0.2, 0.25) is 0 Å². The molecule has 0 bridgehead atoms. The van der Waals surface area contributed by atoms with Crippen LogP contribution < -0.4 is 16.2 Å². The molecule has 0 aliphatic rings. The van der Waals surface area contributed by atoms with E-state index in [-0.39, 0.29) is 5.56 Å². The first-order valence-electron chi connectivity index (χ1n) is 6.60. The molecule has 1 aromatic rings. The van der Waals surface area contributed by atoms with Gasteiger partial charge in [-0.2, -0.15) is 5.10 Å². The van der Waals surface area contributed by atoms with E-state index in [1.807, 2.05) is 11.9 Å². The zero-order chi connectivity index (χ0) is 14.3. The first-order valence-corrected chi connectivity index (χ1v) is 6.60. The molecule has 2 N–H and O–H groups in total. The van der Waals surface area contributed by atoms with Crippen LogP contribution in [0.5, 0.6) is 0 Å².